The molecule has 0 bridgehead atoms. The van der Waals surface area contributed by atoms with Crippen molar-refractivity contribution in [3.05, 3.63) is 61.1 Å². The van der Waals surface area contributed by atoms with Crippen molar-refractivity contribution in [1.82, 2.24) is 9.88 Å². The van der Waals surface area contributed by atoms with Crippen LogP contribution in [0.5, 0.6) is 17.2 Å². The van der Waals surface area contributed by atoms with Crippen molar-refractivity contribution in [3.8, 4) is 28.6 Å². The summed E-state index contributed by atoms with van der Waals surface area (Å²) in [6, 6.07) is 15.7. The van der Waals surface area contributed by atoms with Gasteiger partial charge in [0.25, 0.3) is 0 Å². The molecule has 0 saturated carbocycles. The molecule has 0 unspecified atom stereocenters. The molecule has 2 aromatic carbocycles. The number of carbonyl (C=O) groups excluding carboxylic acids is 1. The molecule has 1 saturated heterocycles. The van der Waals surface area contributed by atoms with Crippen LogP contribution in [-0.2, 0) is 9.53 Å². The second-order valence-electron chi connectivity index (χ2n) is 7.79. The molecule has 1 aliphatic heterocycles. The molecule has 168 valence electrons. The normalized spacial score (nSPS) is 16.1. The maximum atomic E-state index is 11.3. The topological polar surface area (TPSA) is 74.0 Å². The van der Waals surface area contributed by atoms with Crippen molar-refractivity contribution < 1.29 is 23.4 Å². The highest BCUT2D eigenvalue weighted by atomic mass is 16.5. The Bertz CT molecular complexity index is 971. The maximum Gasteiger partial charge on any atom is 0.305 e. The number of ether oxygens (including phenoxy) is 3. The average Bonchev–Trinajstić information content (AvgIpc) is 3.51. The van der Waals surface area contributed by atoms with Crippen LogP contribution in [0.4, 0.5) is 0 Å². The third-order valence-electron chi connectivity index (χ3n) is 5.63. The molecule has 0 aliphatic carbocycles. The zero-order valence-electron chi connectivity index (χ0n) is 18.2. The first-order chi connectivity index (χ1) is 15.7. The monoisotopic (exact) mass is 436 g/mol. The van der Waals surface area contributed by atoms with Gasteiger partial charge >= 0.3 is 5.97 Å². The number of nitrogens with zero attached hydrogens (tertiary/aromatic N) is 2. The number of methoxy groups -OCH3 is 1. The summed E-state index contributed by atoms with van der Waals surface area (Å²) in [5.74, 6) is 2.89. The minimum atomic E-state index is -0.148. The van der Waals surface area contributed by atoms with Gasteiger partial charge in [-0.1, -0.05) is 0 Å². The number of oxazole rings is 1. The fourth-order valence-corrected chi connectivity index (χ4v) is 3.88. The third-order valence-corrected chi connectivity index (χ3v) is 5.63. The first-order valence-corrected chi connectivity index (χ1v) is 10.9. The van der Waals surface area contributed by atoms with Gasteiger partial charge in [-0.25, -0.2) is 4.98 Å². The number of likely N-dealkylation sites (tertiary alicyclic amines) is 1. The van der Waals surface area contributed by atoms with Gasteiger partial charge in [-0.05, 0) is 80.9 Å². The second-order valence-corrected chi connectivity index (χ2v) is 7.79. The molecule has 0 amide bonds. The lowest BCUT2D eigenvalue weighted by Gasteiger charge is -2.24. The number of rotatable bonds is 10. The lowest BCUT2D eigenvalue weighted by Crippen LogP contribution is -2.35. The molecule has 4 rings (SSSR count). The van der Waals surface area contributed by atoms with Gasteiger partial charge in [-0.2, -0.15) is 0 Å². The Hall–Kier alpha value is -3.32. The molecule has 1 atom stereocenters. The van der Waals surface area contributed by atoms with E-state index in [1.165, 1.54) is 13.5 Å². The second kappa shape index (κ2) is 10.8. The van der Waals surface area contributed by atoms with Crippen LogP contribution in [0.1, 0.15) is 25.7 Å². The van der Waals surface area contributed by atoms with Crippen LogP contribution in [0, 0.1) is 0 Å². The molecule has 1 aliphatic rings. The zero-order valence-corrected chi connectivity index (χ0v) is 18.2. The number of hydrogen-bond acceptors (Lipinski definition) is 7. The van der Waals surface area contributed by atoms with Crippen molar-refractivity contribution in [2.24, 2.45) is 0 Å². The van der Waals surface area contributed by atoms with Crippen LogP contribution in [-0.4, -0.2) is 48.7 Å². The van der Waals surface area contributed by atoms with Crippen LogP contribution >= 0.6 is 0 Å². The quantitative estimate of drug-likeness (QED) is 0.417. The van der Waals surface area contributed by atoms with E-state index in [1.807, 2.05) is 48.5 Å². The first kappa shape index (κ1) is 21.9. The van der Waals surface area contributed by atoms with Gasteiger partial charge in [0.1, 0.15) is 23.9 Å². The van der Waals surface area contributed by atoms with Gasteiger partial charge < -0.3 is 18.6 Å². The molecular weight excluding hydrogens is 408 g/mol. The smallest absolute Gasteiger partial charge is 0.305 e. The van der Waals surface area contributed by atoms with Crippen LogP contribution in [0.3, 0.4) is 0 Å². The van der Waals surface area contributed by atoms with Crippen molar-refractivity contribution in [2.75, 3.05) is 26.8 Å². The predicted molar refractivity (Wildman–Crippen MR) is 120 cm³/mol. The van der Waals surface area contributed by atoms with Crippen molar-refractivity contribution in [3.63, 3.8) is 0 Å². The first-order valence-electron chi connectivity index (χ1n) is 10.9. The minimum absolute atomic E-state index is 0.148. The van der Waals surface area contributed by atoms with Gasteiger partial charge in [-0.15, -0.1) is 0 Å². The summed E-state index contributed by atoms with van der Waals surface area (Å²) in [4.78, 5) is 17.6. The molecule has 0 radical (unpaired) electrons. The van der Waals surface area contributed by atoms with Crippen LogP contribution in [0.15, 0.2) is 65.5 Å². The lowest BCUT2D eigenvalue weighted by atomic mass is 10.2. The average molecular weight is 437 g/mol. The van der Waals surface area contributed by atoms with Gasteiger partial charge in [-0.3, -0.25) is 9.69 Å². The Morgan fingerprint density at radius 2 is 1.81 bits per heavy atom. The van der Waals surface area contributed by atoms with E-state index in [1.54, 1.807) is 6.20 Å². The molecule has 0 N–H and O–H groups in total. The predicted octanol–water partition coefficient (Wildman–Crippen LogP) is 4.93. The molecule has 7 heteroatoms. The molecule has 2 heterocycles. The largest absolute Gasteiger partial charge is 0.492 e. The number of benzene rings is 2. The third kappa shape index (κ3) is 5.88. The van der Waals surface area contributed by atoms with Crippen molar-refractivity contribution in [1.29, 1.82) is 0 Å². The Morgan fingerprint density at radius 1 is 1.09 bits per heavy atom. The van der Waals surface area contributed by atoms with Crippen LogP contribution in [0.2, 0.25) is 0 Å². The Morgan fingerprint density at radius 3 is 2.50 bits per heavy atom. The summed E-state index contributed by atoms with van der Waals surface area (Å²) in [6.07, 6.45) is 6.65. The summed E-state index contributed by atoms with van der Waals surface area (Å²) in [7, 11) is 1.43. The minimum Gasteiger partial charge on any atom is -0.492 e. The van der Waals surface area contributed by atoms with Gasteiger partial charge in [0.15, 0.2) is 12.2 Å². The Balaban J connectivity index is 1.24. The van der Waals surface area contributed by atoms with E-state index in [2.05, 4.69) is 9.88 Å². The molecule has 1 fully saturated rings. The summed E-state index contributed by atoms with van der Waals surface area (Å²) >= 11 is 0. The number of carbonyl (C=O) groups is 1. The number of hydrogen-bond donors (Lipinski definition) is 0. The Kier molecular flexibility index (Phi) is 7.40. The fourth-order valence-electron chi connectivity index (χ4n) is 3.88. The fraction of sp³-hybridized carbons (Fsp3) is 0.360. The van der Waals surface area contributed by atoms with Gasteiger partial charge in [0, 0.05) is 18.0 Å². The Labute approximate surface area is 187 Å². The van der Waals surface area contributed by atoms with Crippen LogP contribution < -0.4 is 9.47 Å². The number of aromatic nitrogens is 1. The highest BCUT2D eigenvalue weighted by Gasteiger charge is 2.24. The van der Waals surface area contributed by atoms with Gasteiger partial charge in [0.05, 0.1) is 13.3 Å². The summed E-state index contributed by atoms with van der Waals surface area (Å²) < 4.78 is 22.0. The molecule has 7 nitrogen and oxygen atoms in total. The standard InChI is InChI=1S/C25H28N2O5/c1-29-25(28)5-3-15-27-14-2-4-20(27)17-30-21-10-12-23(13-11-21)32-22-8-6-19(7-9-22)24-16-26-18-31-24/h6-13,16,18,20H,2-5,14-15,17H2,1H3/t20-/m1/s1. The molecule has 1 aromatic heterocycles. The van der Waals surface area contributed by atoms with Crippen LogP contribution in [0.25, 0.3) is 11.3 Å². The van der Waals surface area contributed by atoms with E-state index < -0.39 is 0 Å². The van der Waals surface area contributed by atoms with Crippen molar-refractivity contribution >= 4 is 5.97 Å². The van der Waals surface area contributed by atoms with E-state index in [9.17, 15) is 4.79 Å². The van der Waals surface area contributed by atoms with E-state index in [0.717, 1.165) is 60.9 Å². The van der Waals surface area contributed by atoms with E-state index in [4.69, 9.17) is 18.6 Å². The highest BCUT2D eigenvalue weighted by Crippen LogP contribution is 2.27. The maximum absolute atomic E-state index is 11.3. The highest BCUT2D eigenvalue weighted by molar-refractivity contribution is 5.69. The lowest BCUT2D eigenvalue weighted by molar-refractivity contribution is -0.140. The zero-order chi connectivity index (χ0) is 22.2. The summed E-state index contributed by atoms with van der Waals surface area (Å²) in [5.41, 5.74) is 0.949. The summed E-state index contributed by atoms with van der Waals surface area (Å²) in [6.45, 7) is 2.59. The molecule has 32 heavy (non-hydrogen) atoms. The van der Waals surface area contributed by atoms with E-state index >= 15 is 0 Å². The van der Waals surface area contributed by atoms with Crippen molar-refractivity contribution in [2.45, 2.75) is 31.7 Å². The molecular formula is C25H28N2O5. The summed E-state index contributed by atoms with van der Waals surface area (Å²) in [5, 5.41) is 0. The van der Waals surface area contributed by atoms with E-state index in [0.29, 0.717) is 19.1 Å². The van der Waals surface area contributed by atoms with Gasteiger partial charge in [0.2, 0.25) is 0 Å². The SMILES string of the molecule is COC(=O)CCCN1CCC[C@@H]1COc1ccc(Oc2ccc(-c3cnco3)cc2)cc1. The van der Waals surface area contributed by atoms with E-state index in [-0.39, 0.29) is 5.97 Å². The molecule has 3 aromatic rings. The molecule has 0 spiro atoms. The number of esters is 1.